The first kappa shape index (κ1) is 12.4. The number of hydroxylamine groups is 2. The molecule has 0 spiro atoms. The van der Waals surface area contributed by atoms with Gasteiger partial charge in [0.15, 0.2) is 0 Å². The van der Waals surface area contributed by atoms with Crippen molar-refractivity contribution in [1.29, 1.82) is 0 Å². The number of likely N-dealkylation sites (N-methyl/N-ethyl adjacent to an activating group) is 1. The lowest BCUT2D eigenvalue weighted by Gasteiger charge is -2.15. The van der Waals surface area contributed by atoms with Crippen molar-refractivity contribution in [1.82, 2.24) is 5.06 Å². The Balaban J connectivity index is 0. The Kier molecular flexibility index (Phi) is 8.40. The van der Waals surface area contributed by atoms with Crippen molar-refractivity contribution >= 4 is 18.3 Å². The first-order valence-corrected chi connectivity index (χ1v) is 2.80. The summed E-state index contributed by atoms with van der Waals surface area (Å²) in [5.41, 5.74) is 5.05. The molecule has 0 aromatic rings. The molecule has 0 fully saturated rings. The summed E-state index contributed by atoms with van der Waals surface area (Å²) in [4.78, 5) is 15.3. The first-order chi connectivity index (χ1) is 4.26. The van der Waals surface area contributed by atoms with Crippen molar-refractivity contribution < 1.29 is 9.63 Å². The second kappa shape index (κ2) is 6.80. The minimum Gasteiger partial charge on any atom is -0.322 e. The molecule has 0 atom stereocenters. The average Bonchev–Trinajstić information content (AvgIpc) is 1.90. The number of hydrogen-bond donors (Lipinski definition) is 1. The molecular formula is C5H13ClN2O2. The van der Waals surface area contributed by atoms with Crippen LogP contribution in [0.3, 0.4) is 0 Å². The molecule has 0 aliphatic carbocycles. The molecule has 2 N–H and O–H groups in total. The van der Waals surface area contributed by atoms with Crippen LogP contribution in [0, 0.1) is 0 Å². The van der Waals surface area contributed by atoms with E-state index >= 15 is 0 Å². The summed E-state index contributed by atoms with van der Waals surface area (Å²) in [7, 11) is 1.44. The highest BCUT2D eigenvalue weighted by atomic mass is 35.5. The number of halogens is 1. The highest BCUT2D eigenvalue weighted by Crippen LogP contribution is 1.85. The fourth-order valence-electron chi connectivity index (χ4n) is 0.509. The molecule has 5 heteroatoms. The highest BCUT2D eigenvalue weighted by molar-refractivity contribution is 5.85. The molecule has 0 heterocycles. The number of carbonyl (C=O) groups is 1. The van der Waals surface area contributed by atoms with E-state index in [0.717, 1.165) is 0 Å². The van der Waals surface area contributed by atoms with Gasteiger partial charge in [-0.1, -0.05) is 0 Å². The second-order valence-electron chi connectivity index (χ2n) is 1.48. The van der Waals surface area contributed by atoms with Gasteiger partial charge in [0.2, 0.25) is 0 Å². The van der Waals surface area contributed by atoms with Crippen LogP contribution in [0.4, 0.5) is 0 Å². The monoisotopic (exact) mass is 168 g/mol. The zero-order chi connectivity index (χ0) is 7.28. The Hall–Kier alpha value is -0.320. The zero-order valence-electron chi connectivity index (χ0n) is 6.16. The fourth-order valence-corrected chi connectivity index (χ4v) is 0.509. The van der Waals surface area contributed by atoms with Crippen molar-refractivity contribution in [3.63, 3.8) is 0 Å². The number of hydrogen-bond acceptors (Lipinski definition) is 3. The van der Waals surface area contributed by atoms with Gasteiger partial charge in [-0.2, -0.15) is 0 Å². The maximum Gasteiger partial charge on any atom is 0.259 e. The molecule has 0 bridgehead atoms. The third kappa shape index (κ3) is 3.66. The Bertz CT molecular complexity index is 95.6. The van der Waals surface area contributed by atoms with E-state index in [1.54, 1.807) is 0 Å². The summed E-state index contributed by atoms with van der Waals surface area (Å²) in [5, 5.41) is 1.21. The molecule has 4 nitrogen and oxygen atoms in total. The van der Waals surface area contributed by atoms with Gasteiger partial charge < -0.3 is 5.73 Å². The van der Waals surface area contributed by atoms with Crippen LogP contribution in [0.5, 0.6) is 0 Å². The lowest BCUT2D eigenvalue weighted by molar-refractivity contribution is -0.173. The largest absolute Gasteiger partial charge is 0.322 e. The molecule has 0 rings (SSSR count). The van der Waals surface area contributed by atoms with Crippen molar-refractivity contribution in [2.75, 3.05) is 20.2 Å². The normalized spacial score (nSPS) is 8.30. The van der Waals surface area contributed by atoms with Crippen LogP contribution in [0.2, 0.25) is 0 Å². The van der Waals surface area contributed by atoms with Gasteiger partial charge in [0, 0.05) is 6.54 Å². The van der Waals surface area contributed by atoms with E-state index in [1.807, 2.05) is 6.92 Å². The van der Waals surface area contributed by atoms with Crippen molar-refractivity contribution in [2.45, 2.75) is 6.92 Å². The lowest BCUT2D eigenvalue weighted by atomic mass is 10.6. The molecule has 62 valence electrons. The van der Waals surface area contributed by atoms with E-state index in [2.05, 4.69) is 4.84 Å². The molecule has 0 aromatic carbocycles. The van der Waals surface area contributed by atoms with Gasteiger partial charge in [-0.05, 0) is 6.92 Å². The van der Waals surface area contributed by atoms with Crippen molar-refractivity contribution in [3.05, 3.63) is 0 Å². The van der Waals surface area contributed by atoms with E-state index < -0.39 is 0 Å². The molecule has 10 heavy (non-hydrogen) atoms. The van der Waals surface area contributed by atoms with Crippen LogP contribution >= 0.6 is 12.4 Å². The van der Waals surface area contributed by atoms with Crippen molar-refractivity contribution in [2.24, 2.45) is 5.73 Å². The summed E-state index contributed by atoms with van der Waals surface area (Å²) in [5.74, 6) is -0.194. The molecule has 0 aromatic heterocycles. The number of rotatable bonds is 3. The first-order valence-electron chi connectivity index (χ1n) is 2.80. The third-order valence-corrected chi connectivity index (χ3v) is 0.960. The highest BCUT2D eigenvalue weighted by Gasteiger charge is 2.06. The number of carbonyl (C=O) groups excluding carboxylic acids is 1. The summed E-state index contributed by atoms with van der Waals surface area (Å²) < 4.78 is 0. The van der Waals surface area contributed by atoms with Crippen LogP contribution < -0.4 is 5.73 Å². The van der Waals surface area contributed by atoms with E-state index in [4.69, 9.17) is 5.73 Å². The van der Waals surface area contributed by atoms with Gasteiger partial charge in [0.25, 0.3) is 5.91 Å². The summed E-state index contributed by atoms with van der Waals surface area (Å²) in [6.07, 6.45) is 0. The van der Waals surface area contributed by atoms with Gasteiger partial charge >= 0.3 is 0 Å². The van der Waals surface area contributed by atoms with E-state index in [9.17, 15) is 4.79 Å². The van der Waals surface area contributed by atoms with Crippen LogP contribution in [-0.4, -0.2) is 31.2 Å². The van der Waals surface area contributed by atoms with Gasteiger partial charge in [-0.25, -0.2) is 5.06 Å². The average molecular weight is 169 g/mol. The Morgan fingerprint density at radius 1 is 1.70 bits per heavy atom. The maximum atomic E-state index is 10.6. The second-order valence-corrected chi connectivity index (χ2v) is 1.48. The van der Waals surface area contributed by atoms with Crippen LogP contribution in [0.1, 0.15) is 6.92 Å². The minimum absolute atomic E-state index is 0. The predicted octanol–water partition coefficient (Wildman–Crippen LogP) is -0.223. The molecule has 0 aliphatic heterocycles. The quantitative estimate of drug-likeness (QED) is 0.593. The van der Waals surface area contributed by atoms with Crippen molar-refractivity contribution in [3.8, 4) is 0 Å². The molecule has 0 saturated carbocycles. The predicted molar refractivity (Wildman–Crippen MR) is 40.7 cm³/mol. The standard InChI is InChI=1S/C5H12N2O2.ClH/c1-3-7(9-2)5(8)4-6;/h3-4,6H2,1-2H3;1H. The molecule has 0 unspecified atom stereocenters. The molecular weight excluding hydrogens is 156 g/mol. The minimum atomic E-state index is -0.194. The molecule has 0 radical (unpaired) electrons. The van der Waals surface area contributed by atoms with Crippen LogP contribution in [0.15, 0.2) is 0 Å². The Morgan fingerprint density at radius 3 is 2.30 bits per heavy atom. The van der Waals surface area contributed by atoms with Gasteiger partial charge in [-0.15, -0.1) is 12.4 Å². The van der Waals surface area contributed by atoms with Crippen LogP contribution in [0.25, 0.3) is 0 Å². The lowest BCUT2D eigenvalue weighted by Crippen LogP contribution is -2.34. The fraction of sp³-hybridized carbons (Fsp3) is 0.800. The summed E-state index contributed by atoms with van der Waals surface area (Å²) in [6, 6.07) is 0. The van der Waals surface area contributed by atoms with Gasteiger partial charge in [0.05, 0.1) is 13.7 Å². The van der Waals surface area contributed by atoms with E-state index in [0.29, 0.717) is 6.54 Å². The van der Waals surface area contributed by atoms with Gasteiger partial charge in [0.1, 0.15) is 0 Å². The number of nitrogens with two attached hydrogens (primary N) is 1. The Morgan fingerprint density at radius 2 is 2.20 bits per heavy atom. The number of nitrogens with zero attached hydrogens (tertiary/aromatic N) is 1. The van der Waals surface area contributed by atoms with Crippen LogP contribution in [-0.2, 0) is 9.63 Å². The SMILES string of the molecule is CCN(OC)C(=O)CN.Cl. The van der Waals surface area contributed by atoms with Gasteiger partial charge in [-0.3, -0.25) is 9.63 Å². The zero-order valence-corrected chi connectivity index (χ0v) is 6.98. The molecule has 0 saturated heterocycles. The molecule has 1 amide bonds. The Labute approximate surface area is 66.7 Å². The topological polar surface area (TPSA) is 55.6 Å². The summed E-state index contributed by atoms with van der Waals surface area (Å²) in [6.45, 7) is 2.35. The molecule has 0 aliphatic rings. The third-order valence-electron chi connectivity index (χ3n) is 0.960. The smallest absolute Gasteiger partial charge is 0.259 e. The summed E-state index contributed by atoms with van der Waals surface area (Å²) >= 11 is 0. The number of amides is 1. The maximum absolute atomic E-state index is 10.6. The van der Waals surface area contributed by atoms with E-state index in [-0.39, 0.29) is 24.9 Å². The van der Waals surface area contributed by atoms with E-state index in [1.165, 1.54) is 12.2 Å².